The minimum absolute atomic E-state index is 0.584. The Morgan fingerprint density at radius 3 is 2.75 bits per heavy atom. The van der Waals surface area contributed by atoms with Gasteiger partial charge in [0.2, 0.25) is 0 Å². The molecule has 0 aliphatic rings. The van der Waals surface area contributed by atoms with Crippen LogP contribution in [0.2, 0.25) is 0 Å². The fourth-order valence-corrected chi connectivity index (χ4v) is 1.29. The van der Waals surface area contributed by atoms with Crippen molar-refractivity contribution in [3.63, 3.8) is 0 Å². The van der Waals surface area contributed by atoms with Crippen molar-refractivity contribution < 1.29 is 0 Å². The molecule has 1 heterocycles. The highest BCUT2D eigenvalue weighted by Crippen LogP contribution is 2.20. The first-order chi connectivity index (χ1) is 5.79. The molecule has 0 saturated heterocycles. The molecule has 0 amide bonds. The monoisotopic (exact) mass is 164 g/mol. The fourth-order valence-electron chi connectivity index (χ4n) is 1.29. The highest BCUT2D eigenvalue weighted by Gasteiger charge is 2.07. The van der Waals surface area contributed by atoms with Gasteiger partial charge in [-0.25, -0.2) is 9.97 Å². The van der Waals surface area contributed by atoms with Gasteiger partial charge in [0.25, 0.3) is 0 Å². The molecule has 1 rings (SSSR count). The standard InChI is InChI=1S/C10H16N2/c1-4-8(3)9-6-11-7-12-10(9)5-2/h6-8H,4-5H2,1-3H3. The summed E-state index contributed by atoms with van der Waals surface area (Å²) < 4.78 is 0. The van der Waals surface area contributed by atoms with Crippen LogP contribution < -0.4 is 0 Å². The quantitative estimate of drug-likeness (QED) is 0.686. The van der Waals surface area contributed by atoms with Crippen LogP contribution in [0.25, 0.3) is 0 Å². The predicted octanol–water partition coefficient (Wildman–Crippen LogP) is 2.55. The second kappa shape index (κ2) is 4.19. The molecule has 1 unspecified atom stereocenters. The molecule has 66 valence electrons. The maximum absolute atomic E-state index is 4.26. The molecule has 1 atom stereocenters. The third-order valence-corrected chi connectivity index (χ3v) is 2.31. The van der Waals surface area contributed by atoms with Crippen molar-refractivity contribution in [1.82, 2.24) is 9.97 Å². The van der Waals surface area contributed by atoms with Gasteiger partial charge >= 0.3 is 0 Å². The topological polar surface area (TPSA) is 25.8 Å². The largest absolute Gasteiger partial charge is 0.245 e. The van der Waals surface area contributed by atoms with Crippen LogP contribution in [0.5, 0.6) is 0 Å². The molecule has 0 N–H and O–H groups in total. The number of rotatable bonds is 3. The summed E-state index contributed by atoms with van der Waals surface area (Å²) in [4.78, 5) is 8.31. The third-order valence-electron chi connectivity index (χ3n) is 2.31. The van der Waals surface area contributed by atoms with Crippen LogP contribution in [-0.2, 0) is 6.42 Å². The second-order valence-electron chi connectivity index (χ2n) is 3.09. The van der Waals surface area contributed by atoms with E-state index in [0.29, 0.717) is 5.92 Å². The smallest absolute Gasteiger partial charge is 0.115 e. The Balaban J connectivity index is 2.96. The van der Waals surface area contributed by atoms with E-state index in [9.17, 15) is 0 Å². The van der Waals surface area contributed by atoms with Crippen LogP contribution >= 0.6 is 0 Å². The third kappa shape index (κ3) is 1.81. The van der Waals surface area contributed by atoms with Crippen LogP contribution in [0.4, 0.5) is 0 Å². The van der Waals surface area contributed by atoms with Gasteiger partial charge < -0.3 is 0 Å². The lowest BCUT2D eigenvalue weighted by molar-refractivity contribution is 0.708. The number of hydrogen-bond acceptors (Lipinski definition) is 2. The van der Waals surface area contributed by atoms with E-state index in [4.69, 9.17) is 0 Å². The first-order valence-electron chi connectivity index (χ1n) is 4.58. The van der Waals surface area contributed by atoms with Gasteiger partial charge in [0.15, 0.2) is 0 Å². The van der Waals surface area contributed by atoms with E-state index in [1.54, 1.807) is 6.33 Å². The molecule has 0 saturated carbocycles. The molecule has 1 aromatic rings. The lowest BCUT2D eigenvalue weighted by Gasteiger charge is -2.11. The first-order valence-corrected chi connectivity index (χ1v) is 4.58. The highest BCUT2D eigenvalue weighted by atomic mass is 14.8. The zero-order chi connectivity index (χ0) is 8.97. The van der Waals surface area contributed by atoms with E-state index < -0.39 is 0 Å². The van der Waals surface area contributed by atoms with E-state index in [0.717, 1.165) is 12.8 Å². The normalized spacial score (nSPS) is 12.9. The maximum atomic E-state index is 4.26. The Hall–Kier alpha value is -0.920. The summed E-state index contributed by atoms with van der Waals surface area (Å²) in [5, 5.41) is 0. The summed E-state index contributed by atoms with van der Waals surface area (Å²) in [6, 6.07) is 0. The van der Waals surface area contributed by atoms with Gasteiger partial charge in [0.05, 0.1) is 0 Å². The number of nitrogens with zero attached hydrogens (tertiary/aromatic N) is 2. The van der Waals surface area contributed by atoms with E-state index in [-0.39, 0.29) is 0 Å². The van der Waals surface area contributed by atoms with Crippen molar-refractivity contribution in [2.45, 2.75) is 39.5 Å². The van der Waals surface area contributed by atoms with Crippen LogP contribution in [0.1, 0.15) is 44.4 Å². The number of aromatic nitrogens is 2. The van der Waals surface area contributed by atoms with E-state index in [1.807, 2.05) is 6.20 Å². The van der Waals surface area contributed by atoms with Gasteiger partial charge in [-0.1, -0.05) is 20.8 Å². The Labute approximate surface area is 74.1 Å². The molecule has 0 aliphatic carbocycles. The summed E-state index contributed by atoms with van der Waals surface area (Å²) >= 11 is 0. The molecule has 0 aliphatic heterocycles. The molecular weight excluding hydrogens is 148 g/mol. The summed E-state index contributed by atoms with van der Waals surface area (Å²) in [5.41, 5.74) is 2.50. The van der Waals surface area contributed by atoms with Crippen molar-refractivity contribution in [2.75, 3.05) is 0 Å². The van der Waals surface area contributed by atoms with Crippen molar-refractivity contribution in [3.05, 3.63) is 23.8 Å². The van der Waals surface area contributed by atoms with Crippen LogP contribution in [-0.4, -0.2) is 9.97 Å². The fraction of sp³-hybridized carbons (Fsp3) is 0.600. The van der Waals surface area contributed by atoms with Gasteiger partial charge in [-0.15, -0.1) is 0 Å². The van der Waals surface area contributed by atoms with Crippen molar-refractivity contribution in [1.29, 1.82) is 0 Å². The molecule has 2 heteroatoms. The molecule has 0 bridgehead atoms. The van der Waals surface area contributed by atoms with E-state index in [1.165, 1.54) is 11.3 Å². The molecular formula is C10H16N2. The van der Waals surface area contributed by atoms with Crippen molar-refractivity contribution in [2.24, 2.45) is 0 Å². The van der Waals surface area contributed by atoms with Gasteiger partial charge in [0.1, 0.15) is 6.33 Å². The molecule has 0 aromatic carbocycles. The van der Waals surface area contributed by atoms with Crippen molar-refractivity contribution in [3.8, 4) is 0 Å². The molecule has 1 aromatic heterocycles. The Kier molecular flexibility index (Phi) is 3.20. The van der Waals surface area contributed by atoms with E-state index >= 15 is 0 Å². The first kappa shape index (κ1) is 9.17. The Morgan fingerprint density at radius 1 is 1.42 bits per heavy atom. The lowest BCUT2D eigenvalue weighted by atomic mass is 9.98. The Morgan fingerprint density at radius 2 is 2.17 bits per heavy atom. The van der Waals surface area contributed by atoms with Gasteiger partial charge in [-0.3, -0.25) is 0 Å². The molecule has 0 fully saturated rings. The van der Waals surface area contributed by atoms with Crippen LogP contribution in [0.3, 0.4) is 0 Å². The summed E-state index contributed by atoms with van der Waals surface area (Å²) in [7, 11) is 0. The SMILES string of the molecule is CCc1ncncc1C(C)CC. The summed E-state index contributed by atoms with van der Waals surface area (Å²) in [6.45, 7) is 6.54. The van der Waals surface area contributed by atoms with Gasteiger partial charge in [-0.05, 0) is 24.3 Å². The van der Waals surface area contributed by atoms with E-state index in [2.05, 4.69) is 30.7 Å². The second-order valence-corrected chi connectivity index (χ2v) is 3.09. The summed E-state index contributed by atoms with van der Waals surface area (Å²) in [6.07, 6.45) is 5.73. The zero-order valence-corrected chi connectivity index (χ0v) is 8.04. The zero-order valence-electron chi connectivity index (χ0n) is 8.04. The summed E-state index contributed by atoms with van der Waals surface area (Å²) in [5.74, 6) is 0.584. The average molecular weight is 164 g/mol. The molecule has 12 heavy (non-hydrogen) atoms. The minimum Gasteiger partial charge on any atom is -0.245 e. The molecule has 0 spiro atoms. The maximum Gasteiger partial charge on any atom is 0.115 e. The van der Waals surface area contributed by atoms with Crippen LogP contribution in [0.15, 0.2) is 12.5 Å². The van der Waals surface area contributed by atoms with Crippen LogP contribution in [0, 0.1) is 0 Å². The average Bonchev–Trinajstić information content (AvgIpc) is 2.16. The van der Waals surface area contributed by atoms with Crippen molar-refractivity contribution >= 4 is 0 Å². The predicted molar refractivity (Wildman–Crippen MR) is 50.1 cm³/mol. The minimum atomic E-state index is 0.584. The Bertz CT molecular complexity index is 245. The van der Waals surface area contributed by atoms with Gasteiger partial charge in [0, 0.05) is 11.9 Å². The number of hydrogen-bond donors (Lipinski definition) is 0. The number of aryl methyl sites for hydroxylation is 1. The highest BCUT2D eigenvalue weighted by molar-refractivity contribution is 5.19. The molecule has 2 nitrogen and oxygen atoms in total. The van der Waals surface area contributed by atoms with Gasteiger partial charge in [-0.2, -0.15) is 0 Å². The molecule has 0 radical (unpaired) electrons. The lowest BCUT2D eigenvalue weighted by Crippen LogP contribution is -2.00.